The van der Waals surface area contributed by atoms with Crippen LogP contribution in [0.1, 0.15) is 30.9 Å². The predicted molar refractivity (Wildman–Crippen MR) is 87.2 cm³/mol. The first-order valence-corrected chi connectivity index (χ1v) is 7.35. The van der Waals surface area contributed by atoms with Crippen molar-refractivity contribution in [1.29, 1.82) is 0 Å². The molecule has 0 saturated carbocycles. The molecule has 5 heteroatoms. The molecule has 0 fully saturated rings. The van der Waals surface area contributed by atoms with Crippen LogP contribution in [0.25, 0.3) is 0 Å². The molecule has 0 amide bonds. The number of anilines is 3. The van der Waals surface area contributed by atoms with Gasteiger partial charge in [0, 0.05) is 19.3 Å². The second kappa shape index (κ2) is 7.02. The molecule has 0 radical (unpaired) electrons. The van der Waals surface area contributed by atoms with Crippen molar-refractivity contribution in [3.05, 3.63) is 35.5 Å². The van der Waals surface area contributed by atoms with Crippen LogP contribution >= 0.6 is 0 Å². The molecule has 2 aromatic rings. The Hall–Kier alpha value is -2.17. The second-order valence-electron chi connectivity index (χ2n) is 5.34. The Labute approximate surface area is 126 Å². The molecule has 1 aromatic carbocycles. The van der Waals surface area contributed by atoms with Gasteiger partial charge >= 0.3 is 0 Å². The number of hydrogen-bond acceptors (Lipinski definition) is 5. The minimum absolute atomic E-state index is 0.650. The number of nitrogens with one attached hydrogen (secondary N) is 1. The van der Waals surface area contributed by atoms with Crippen LogP contribution in [0, 0.1) is 13.8 Å². The summed E-state index contributed by atoms with van der Waals surface area (Å²) in [5.41, 5.74) is 3.55. The topological polar surface area (TPSA) is 53.9 Å². The van der Waals surface area contributed by atoms with E-state index in [0.29, 0.717) is 11.8 Å². The van der Waals surface area contributed by atoms with Crippen LogP contribution in [-0.4, -0.2) is 28.8 Å². The van der Waals surface area contributed by atoms with Gasteiger partial charge in [-0.15, -0.1) is 5.10 Å². The lowest BCUT2D eigenvalue weighted by molar-refractivity contribution is 0.741. The molecule has 1 heterocycles. The Morgan fingerprint density at radius 3 is 2.71 bits per heavy atom. The van der Waals surface area contributed by atoms with E-state index in [4.69, 9.17) is 0 Å². The summed E-state index contributed by atoms with van der Waals surface area (Å²) in [6.45, 7) is 7.31. The van der Waals surface area contributed by atoms with Crippen molar-refractivity contribution in [3.63, 3.8) is 0 Å². The van der Waals surface area contributed by atoms with E-state index in [-0.39, 0.29) is 0 Å². The van der Waals surface area contributed by atoms with Crippen molar-refractivity contribution in [1.82, 2.24) is 15.2 Å². The fraction of sp³-hybridized carbons (Fsp3) is 0.438. The first-order valence-electron chi connectivity index (χ1n) is 7.35. The fourth-order valence-electron chi connectivity index (χ4n) is 1.98. The monoisotopic (exact) mass is 285 g/mol. The molecule has 0 saturated heterocycles. The Kier molecular flexibility index (Phi) is 5.09. The summed E-state index contributed by atoms with van der Waals surface area (Å²) < 4.78 is 0. The molecular formula is C16H23N5. The summed E-state index contributed by atoms with van der Waals surface area (Å²) in [6, 6.07) is 6.25. The van der Waals surface area contributed by atoms with E-state index in [2.05, 4.69) is 53.4 Å². The van der Waals surface area contributed by atoms with Crippen LogP contribution in [0.15, 0.2) is 24.4 Å². The summed E-state index contributed by atoms with van der Waals surface area (Å²) in [6.07, 6.45) is 3.92. The average molecular weight is 285 g/mol. The Bertz CT molecular complexity index is 597. The Morgan fingerprint density at radius 1 is 1.19 bits per heavy atom. The Morgan fingerprint density at radius 2 is 2.00 bits per heavy atom. The number of rotatable bonds is 6. The van der Waals surface area contributed by atoms with Crippen molar-refractivity contribution < 1.29 is 0 Å². The van der Waals surface area contributed by atoms with E-state index < -0.39 is 0 Å². The molecule has 0 atom stereocenters. The predicted octanol–water partition coefficient (Wildman–Crippen LogP) is 3.47. The van der Waals surface area contributed by atoms with E-state index in [1.807, 2.05) is 18.0 Å². The normalized spacial score (nSPS) is 10.5. The second-order valence-corrected chi connectivity index (χ2v) is 5.34. The van der Waals surface area contributed by atoms with E-state index in [9.17, 15) is 0 Å². The van der Waals surface area contributed by atoms with Gasteiger partial charge in [0.05, 0.1) is 6.20 Å². The molecule has 0 aliphatic rings. The highest BCUT2D eigenvalue weighted by molar-refractivity contribution is 5.58. The number of benzene rings is 1. The van der Waals surface area contributed by atoms with Crippen LogP contribution in [-0.2, 0) is 0 Å². The number of unbranched alkanes of at least 4 members (excludes halogenated alkanes) is 1. The number of nitrogens with zero attached hydrogens (tertiary/aromatic N) is 4. The minimum Gasteiger partial charge on any atom is -0.343 e. The molecule has 0 unspecified atom stereocenters. The van der Waals surface area contributed by atoms with Gasteiger partial charge in [-0.05, 0) is 43.5 Å². The smallest absolute Gasteiger partial charge is 0.247 e. The highest BCUT2D eigenvalue weighted by Gasteiger charge is 2.06. The molecule has 0 spiro atoms. The average Bonchev–Trinajstić information content (AvgIpc) is 2.49. The molecule has 0 aliphatic heterocycles. The van der Waals surface area contributed by atoms with Crippen molar-refractivity contribution >= 4 is 17.5 Å². The molecule has 21 heavy (non-hydrogen) atoms. The first kappa shape index (κ1) is 15.2. The van der Waals surface area contributed by atoms with E-state index in [1.165, 1.54) is 11.1 Å². The summed E-state index contributed by atoms with van der Waals surface area (Å²) in [5.74, 6) is 1.36. The van der Waals surface area contributed by atoms with Gasteiger partial charge in [-0.2, -0.15) is 10.1 Å². The van der Waals surface area contributed by atoms with Gasteiger partial charge in [0.2, 0.25) is 5.95 Å². The molecule has 112 valence electrons. The molecule has 1 N–H and O–H groups in total. The number of hydrogen-bond donors (Lipinski definition) is 1. The van der Waals surface area contributed by atoms with Crippen molar-refractivity contribution in [2.24, 2.45) is 0 Å². The van der Waals surface area contributed by atoms with Gasteiger partial charge in [0.25, 0.3) is 0 Å². The zero-order chi connectivity index (χ0) is 15.2. The van der Waals surface area contributed by atoms with Gasteiger partial charge in [0.15, 0.2) is 5.82 Å². The first-order chi connectivity index (χ1) is 10.1. The van der Waals surface area contributed by atoms with Crippen LogP contribution in [0.5, 0.6) is 0 Å². The molecule has 0 bridgehead atoms. The molecule has 5 nitrogen and oxygen atoms in total. The molecule has 0 aliphatic carbocycles. The van der Waals surface area contributed by atoms with E-state index >= 15 is 0 Å². The summed E-state index contributed by atoms with van der Waals surface area (Å²) in [5, 5.41) is 11.4. The van der Waals surface area contributed by atoms with E-state index in [1.54, 1.807) is 6.20 Å². The van der Waals surface area contributed by atoms with E-state index in [0.717, 1.165) is 25.1 Å². The van der Waals surface area contributed by atoms with Crippen LogP contribution in [0.3, 0.4) is 0 Å². The third kappa shape index (κ3) is 4.15. The zero-order valence-electron chi connectivity index (χ0n) is 13.2. The van der Waals surface area contributed by atoms with Gasteiger partial charge < -0.3 is 10.2 Å². The van der Waals surface area contributed by atoms with Crippen LogP contribution in [0.2, 0.25) is 0 Å². The maximum Gasteiger partial charge on any atom is 0.247 e. The lowest BCUT2D eigenvalue weighted by Crippen LogP contribution is -2.21. The highest BCUT2D eigenvalue weighted by Crippen LogP contribution is 2.18. The van der Waals surface area contributed by atoms with Gasteiger partial charge in [-0.25, -0.2) is 0 Å². The summed E-state index contributed by atoms with van der Waals surface area (Å²) >= 11 is 0. The van der Waals surface area contributed by atoms with Crippen molar-refractivity contribution in [3.8, 4) is 0 Å². The fourth-order valence-corrected chi connectivity index (χ4v) is 1.98. The Balaban J connectivity index is 2.11. The highest BCUT2D eigenvalue weighted by atomic mass is 15.3. The van der Waals surface area contributed by atoms with Crippen LogP contribution in [0.4, 0.5) is 17.5 Å². The zero-order valence-corrected chi connectivity index (χ0v) is 13.2. The van der Waals surface area contributed by atoms with Gasteiger partial charge in [0.1, 0.15) is 0 Å². The molecular weight excluding hydrogens is 262 g/mol. The maximum atomic E-state index is 4.51. The standard InChI is InChI=1S/C16H23N5/c1-5-6-9-21(4)16-19-15(11-17-20-16)18-14-8-7-12(2)13(3)10-14/h7-8,10-11H,5-6,9H2,1-4H3,(H,18,19,20). The van der Waals surface area contributed by atoms with Gasteiger partial charge in [-0.3, -0.25) is 0 Å². The van der Waals surface area contributed by atoms with Crippen molar-refractivity contribution in [2.75, 3.05) is 23.8 Å². The molecule has 2 rings (SSSR count). The lowest BCUT2D eigenvalue weighted by atomic mass is 10.1. The number of aromatic nitrogens is 3. The quantitative estimate of drug-likeness (QED) is 0.880. The number of aryl methyl sites for hydroxylation is 2. The van der Waals surface area contributed by atoms with Gasteiger partial charge in [-0.1, -0.05) is 19.4 Å². The largest absolute Gasteiger partial charge is 0.343 e. The lowest BCUT2D eigenvalue weighted by Gasteiger charge is -2.16. The SMILES string of the molecule is CCCCN(C)c1nncc(Nc2ccc(C)c(C)c2)n1. The summed E-state index contributed by atoms with van der Waals surface area (Å²) in [7, 11) is 1.99. The third-order valence-electron chi connectivity index (χ3n) is 3.52. The van der Waals surface area contributed by atoms with Crippen LogP contribution < -0.4 is 10.2 Å². The molecule has 1 aromatic heterocycles. The van der Waals surface area contributed by atoms with Crippen molar-refractivity contribution in [2.45, 2.75) is 33.6 Å². The minimum atomic E-state index is 0.650. The summed E-state index contributed by atoms with van der Waals surface area (Å²) in [4.78, 5) is 6.54. The third-order valence-corrected chi connectivity index (χ3v) is 3.52. The maximum absolute atomic E-state index is 4.51.